The molecule has 0 unspecified atom stereocenters. The van der Waals surface area contributed by atoms with Gasteiger partial charge in [0.2, 0.25) is 0 Å². The minimum atomic E-state index is -0.327. The van der Waals surface area contributed by atoms with Crippen molar-refractivity contribution < 1.29 is 18.7 Å². The van der Waals surface area contributed by atoms with Gasteiger partial charge in [-0.15, -0.1) is 0 Å². The zero-order chi connectivity index (χ0) is 24.2. The SMILES string of the molecule is CCOc1cc(/C=C2\C(=O)N(CC(C)C)c3ccccc32)cc(Cl)c1OCc1cccc(F)c1. The number of carbonyl (C=O) groups is 1. The van der Waals surface area contributed by atoms with Crippen molar-refractivity contribution in [3.05, 3.63) is 88.2 Å². The Morgan fingerprint density at radius 2 is 1.85 bits per heavy atom. The molecule has 4 nitrogen and oxygen atoms in total. The predicted molar refractivity (Wildman–Crippen MR) is 135 cm³/mol. The van der Waals surface area contributed by atoms with E-state index in [2.05, 4.69) is 13.8 Å². The number of para-hydroxylation sites is 1. The van der Waals surface area contributed by atoms with Crippen molar-refractivity contribution in [3.8, 4) is 11.5 Å². The largest absolute Gasteiger partial charge is 0.490 e. The zero-order valence-corrected chi connectivity index (χ0v) is 20.2. The van der Waals surface area contributed by atoms with Crippen LogP contribution in [0.25, 0.3) is 11.6 Å². The molecule has 0 aliphatic carbocycles. The van der Waals surface area contributed by atoms with E-state index in [1.165, 1.54) is 12.1 Å². The van der Waals surface area contributed by atoms with Crippen LogP contribution in [0.15, 0.2) is 60.7 Å². The smallest absolute Gasteiger partial charge is 0.259 e. The Kier molecular flexibility index (Phi) is 7.23. The Balaban J connectivity index is 1.68. The van der Waals surface area contributed by atoms with Gasteiger partial charge in [0.15, 0.2) is 11.5 Å². The fourth-order valence-electron chi connectivity index (χ4n) is 4.02. The molecule has 1 aliphatic rings. The van der Waals surface area contributed by atoms with Crippen LogP contribution in [0.2, 0.25) is 5.02 Å². The zero-order valence-electron chi connectivity index (χ0n) is 19.5. The molecule has 0 atom stereocenters. The van der Waals surface area contributed by atoms with Crippen molar-refractivity contribution >= 4 is 34.8 Å². The maximum Gasteiger partial charge on any atom is 0.259 e. The Hall–Kier alpha value is -3.31. The topological polar surface area (TPSA) is 38.8 Å². The van der Waals surface area contributed by atoms with Gasteiger partial charge in [-0.2, -0.15) is 0 Å². The standard InChI is InChI=1S/C28H27ClFNO3/c1-4-33-26-15-20(14-24(29)27(26)34-17-19-8-7-9-21(30)12-19)13-23-22-10-5-6-11-25(22)31(28(23)32)16-18(2)3/h5-15,18H,4,16-17H2,1-3H3/b23-13-. The molecule has 0 bridgehead atoms. The number of benzene rings is 3. The summed E-state index contributed by atoms with van der Waals surface area (Å²) in [4.78, 5) is 15.1. The summed E-state index contributed by atoms with van der Waals surface area (Å²) in [7, 11) is 0. The fourth-order valence-corrected chi connectivity index (χ4v) is 4.29. The fraction of sp³-hybridized carbons (Fsp3) is 0.250. The number of nitrogens with zero attached hydrogens (tertiary/aromatic N) is 1. The first-order valence-electron chi connectivity index (χ1n) is 11.3. The monoisotopic (exact) mass is 479 g/mol. The summed E-state index contributed by atoms with van der Waals surface area (Å²) in [5, 5.41) is 0.354. The van der Waals surface area contributed by atoms with E-state index in [1.807, 2.05) is 48.2 Å². The molecule has 1 amide bonds. The second-order valence-corrected chi connectivity index (χ2v) is 8.97. The predicted octanol–water partition coefficient (Wildman–Crippen LogP) is 7.00. The third-order valence-electron chi connectivity index (χ3n) is 5.42. The van der Waals surface area contributed by atoms with Crippen LogP contribution in [0, 0.1) is 11.7 Å². The summed E-state index contributed by atoms with van der Waals surface area (Å²) in [6, 6.07) is 17.6. The Morgan fingerprint density at radius 1 is 1.06 bits per heavy atom. The first kappa shape index (κ1) is 23.8. The van der Waals surface area contributed by atoms with Crippen LogP contribution in [-0.2, 0) is 11.4 Å². The lowest BCUT2D eigenvalue weighted by Gasteiger charge is -2.19. The second-order valence-electron chi connectivity index (χ2n) is 8.57. The summed E-state index contributed by atoms with van der Waals surface area (Å²) >= 11 is 6.58. The van der Waals surface area contributed by atoms with Crippen molar-refractivity contribution in [1.29, 1.82) is 0 Å². The number of amides is 1. The first-order chi connectivity index (χ1) is 16.4. The van der Waals surface area contributed by atoms with Crippen LogP contribution in [-0.4, -0.2) is 19.1 Å². The summed E-state index contributed by atoms with van der Waals surface area (Å²) in [6.07, 6.45) is 1.84. The average molecular weight is 480 g/mol. The van der Waals surface area contributed by atoms with Crippen LogP contribution in [0.5, 0.6) is 11.5 Å². The molecule has 1 aliphatic heterocycles. The molecule has 0 saturated carbocycles. The van der Waals surface area contributed by atoms with Crippen molar-refractivity contribution in [2.45, 2.75) is 27.4 Å². The van der Waals surface area contributed by atoms with Crippen LogP contribution in [0.3, 0.4) is 0 Å². The van der Waals surface area contributed by atoms with E-state index in [0.29, 0.717) is 46.7 Å². The summed E-state index contributed by atoms with van der Waals surface area (Å²) in [6.45, 7) is 7.26. The van der Waals surface area contributed by atoms with Gasteiger partial charge in [-0.25, -0.2) is 4.39 Å². The van der Waals surface area contributed by atoms with E-state index in [1.54, 1.807) is 18.2 Å². The highest BCUT2D eigenvalue weighted by Crippen LogP contribution is 2.41. The molecule has 0 aromatic heterocycles. The highest BCUT2D eigenvalue weighted by molar-refractivity contribution is 6.36. The van der Waals surface area contributed by atoms with Gasteiger partial charge in [0.1, 0.15) is 12.4 Å². The number of halogens is 2. The maximum absolute atomic E-state index is 13.5. The maximum atomic E-state index is 13.5. The van der Waals surface area contributed by atoms with E-state index in [0.717, 1.165) is 16.8 Å². The molecule has 4 rings (SSSR count). The van der Waals surface area contributed by atoms with Crippen LogP contribution >= 0.6 is 11.6 Å². The van der Waals surface area contributed by atoms with Gasteiger partial charge < -0.3 is 14.4 Å². The van der Waals surface area contributed by atoms with Gasteiger partial charge in [0.25, 0.3) is 5.91 Å². The van der Waals surface area contributed by atoms with E-state index in [-0.39, 0.29) is 18.3 Å². The molecule has 3 aromatic carbocycles. The van der Waals surface area contributed by atoms with Gasteiger partial charge in [0, 0.05) is 17.7 Å². The molecule has 0 radical (unpaired) electrons. The van der Waals surface area contributed by atoms with Crippen molar-refractivity contribution in [1.82, 2.24) is 0 Å². The third-order valence-corrected chi connectivity index (χ3v) is 5.70. The first-order valence-corrected chi connectivity index (χ1v) is 11.7. The quantitative estimate of drug-likeness (QED) is 0.326. The summed E-state index contributed by atoms with van der Waals surface area (Å²) in [5.74, 6) is 0.832. The molecular formula is C28H27ClFNO3. The van der Waals surface area contributed by atoms with Crippen molar-refractivity contribution in [2.24, 2.45) is 5.92 Å². The summed E-state index contributed by atoms with van der Waals surface area (Å²) in [5.41, 5.74) is 3.84. The van der Waals surface area contributed by atoms with Gasteiger partial charge in [-0.1, -0.05) is 55.8 Å². The number of hydrogen-bond donors (Lipinski definition) is 0. The minimum absolute atomic E-state index is 0.0320. The molecule has 34 heavy (non-hydrogen) atoms. The van der Waals surface area contributed by atoms with Gasteiger partial charge >= 0.3 is 0 Å². The molecule has 1 heterocycles. The average Bonchev–Trinajstić information content (AvgIpc) is 3.04. The number of ether oxygens (including phenoxy) is 2. The molecule has 0 saturated heterocycles. The van der Waals surface area contributed by atoms with E-state index >= 15 is 0 Å². The van der Waals surface area contributed by atoms with Crippen LogP contribution < -0.4 is 14.4 Å². The van der Waals surface area contributed by atoms with Crippen molar-refractivity contribution in [2.75, 3.05) is 18.1 Å². The molecule has 0 N–H and O–H groups in total. The van der Waals surface area contributed by atoms with E-state index < -0.39 is 0 Å². The number of rotatable bonds is 8. The number of fused-ring (bicyclic) bond motifs is 1. The molecular weight excluding hydrogens is 453 g/mol. The lowest BCUT2D eigenvalue weighted by atomic mass is 10.0. The number of anilines is 1. The van der Waals surface area contributed by atoms with Crippen LogP contribution in [0.1, 0.15) is 37.5 Å². The van der Waals surface area contributed by atoms with E-state index in [9.17, 15) is 9.18 Å². The molecule has 176 valence electrons. The van der Waals surface area contributed by atoms with Gasteiger partial charge in [-0.05, 0) is 60.4 Å². The summed E-state index contributed by atoms with van der Waals surface area (Å²) < 4.78 is 25.2. The highest BCUT2D eigenvalue weighted by Gasteiger charge is 2.32. The normalized spacial score (nSPS) is 14.1. The third kappa shape index (κ3) is 5.10. The highest BCUT2D eigenvalue weighted by atomic mass is 35.5. The Bertz CT molecular complexity index is 1240. The Labute approximate surface area is 204 Å². The van der Waals surface area contributed by atoms with Crippen molar-refractivity contribution in [3.63, 3.8) is 0 Å². The molecule has 0 spiro atoms. The van der Waals surface area contributed by atoms with Crippen LogP contribution in [0.4, 0.5) is 10.1 Å². The van der Waals surface area contributed by atoms with Gasteiger partial charge in [0.05, 0.1) is 17.3 Å². The molecule has 0 fully saturated rings. The molecule has 3 aromatic rings. The minimum Gasteiger partial charge on any atom is -0.490 e. The van der Waals surface area contributed by atoms with E-state index in [4.69, 9.17) is 21.1 Å². The molecule has 6 heteroatoms. The number of carbonyl (C=O) groups excluding carboxylic acids is 1. The lowest BCUT2D eigenvalue weighted by molar-refractivity contribution is -0.113. The Morgan fingerprint density at radius 3 is 2.59 bits per heavy atom. The second kappa shape index (κ2) is 10.3. The number of hydrogen-bond acceptors (Lipinski definition) is 3. The van der Waals surface area contributed by atoms with Gasteiger partial charge in [-0.3, -0.25) is 4.79 Å². The lowest BCUT2D eigenvalue weighted by Crippen LogP contribution is -2.30.